The van der Waals surface area contributed by atoms with Crippen LogP contribution < -0.4 is 4.90 Å². The van der Waals surface area contributed by atoms with E-state index in [1.165, 1.54) is 23.5 Å². The van der Waals surface area contributed by atoms with Gasteiger partial charge < -0.3 is 9.64 Å². The summed E-state index contributed by atoms with van der Waals surface area (Å²) in [5.74, 6) is 0.588. The number of hydrogen-bond acceptors (Lipinski definition) is 8. The number of fused-ring (bicyclic) bond motifs is 1. The molecule has 168 valence electrons. The zero-order valence-corrected chi connectivity index (χ0v) is 20.2. The Labute approximate surface area is 201 Å². The molecule has 1 aliphatic rings. The number of benzene rings is 2. The van der Waals surface area contributed by atoms with Crippen molar-refractivity contribution in [3.05, 3.63) is 64.7 Å². The maximum atomic E-state index is 13.1. The SMILES string of the molecule is COCCn1c(SCC(=O)/C(C#N)=C2\Sc3ccccc3N2C)nnc1-c1cccc(C)c1. The van der Waals surface area contributed by atoms with Crippen molar-refractivity contribution in [1.82, 2.24) is 14.8 Å². The Hall–Kier alpha value is -3.06. The molecular weight excluding hydrogens is 454 g/mol. The van der Waals surface area contributed by atoms with Gasteiger partial charge in [-0.25, -0.2) is 0 Å². The minimum atomic E-state index is -0.233. The van der Waals surface area contributed by atoms with E-state index in [0.717, 1.165) is 27.5 Å². The Morgan fingerprint density at radius 1 is 1.21 bits per heavy atom. The minimum absolute atomic E-state index is 0.0933. The van der Waals surface area contributed by atoms with Crippen LogP contribution in [0.4, 0.5) is 5.69 Å². The van der Waals surface area contributed by atoms with Crippen LogP contribution in [0.3, 0.4) is 0 Å². The molecule has 0 radical (unpaired) electrons. The van der Waals surface area contributed by atoms with Gasteiger partial charge in [-0.3, -0.25) is 9.36 Å². The first-order chi connectivity index (χ1) is 16.0. The Balaban J connectivity index is 1.56. The van der Waals surface area contributed by atoms with Crippen molar-refractivity contribution in [1.29, 1.82) is 5.26 Å². The molecule has 3 aromatic rings. The monoisotopic (exact) mass is 477 g/mol. The molecule has 1 aliphatic heterocycles. The molecule has 0 saturated carbocycles. The molecule has 33 heavy (non-hydrogen) atoms. The largest absolute Gasteiger partial charge is 0.383 e. The average Bonchev–Trinajstić information content (AvgIpc) is 3.38. The first kappa shape index (κ1) is 23.1. The molecule has 0 unspecified atom stereocenters. The lowest BCUT2D eigenvalue weighted by Gasteiger charge is -2.14. The van der Waals surface area contributed by atoms with Crippen LogP contribution >= 0.6 is 23.5 Å². The van der Waals surface area contributed by atoms with Crippen LogP contribution in [0.25, 0.3) is 11.4 Å². The topological polar surface area (TPSA) is 84.0 Å². The maximum Gasteiger partial charge on any atom is 0.192 e. The summed E-state index contributed by atoms with van der Waals surface area (Å²) in [4.78, 5) is 16.0. The van der Waals surface area contributed by atoms with Crippen molar-refractivity contribution in [3.8, 4) is 17.5 Å². The summed E-state index contributed by atoms with van der Waals surface area (Å²) < 4.78 is 7.22. The van der Waals surface area contributed by atoms with Gasteiger partial charge in [0.25, 0.3) is 0 Å². The van der Waals surface area contributed by atoms with Crippen LogP contribution in [-0.4, -0.2) is 47.1 Å². The molecule has 0 bridgehead atoms. The number of para-hydroxylation sites is 1. The number of nitrogens with zero attached hydrogens (tertiary/aromatic N) is 5. The number of thioether (sulfide) groups is 2. The highest BCUT2D eigenvalue weighted by Crippen LogP contribution is 2.46. The molecule has 2 heterocycles. The summed E-state index contributed by atoms with van der Waals surface area (Å²) in [7, 11) is 3.52. The number of allylic oxidation sites excluding steroid dienone is 1. The van der Waals surface area contributed by atoms with E-state index in [-0.39, 0.29) is 17.1 Å². The second-order valence-electron chi connectivity index (χ2n) is 7.45. The van der Waals surface area contributed by atoms with E-state index < -0.39 is 0 Å². The summed E-state index contributed by atoms with van der Waals surface area (Å²) in [6.45, 7) is 3.08. The lowest BCUT2D eigenvalue weighted by atomic mass is 10.1. The molecule has 0 amide bonds. The highest BCUT2D eigenvalue weighted by atomic mass is 32.2. The van der Waals surface area contributed by atoms with E-state index >= 15 is 0 Å². The normalized spacial score (nSPS) is 14.2. The van der Waals surface area contributed by atoms with Gasteiger partial charge in [0.2, 0.25) is 0 Å². The van der Waals surface area contributed by atoms with Crippen molar-refractivity contribution in [3.63, 3.8) is 0 Å². The van der Waals surface area contributed by atoms with Crippen LogP contribution in [0.15, 0.2) is 69.2 Å². The summed E-state index contributed by atoms with van der Waals surface area (Å²) in [6, 6.07) is 18.0. The van der Waals surface area contributed by atoms with E-state index in [4.69, 9.17) is 4.74 Å². The number of carbonyl (C=O) groups excluding carboxylic acids is 1. The summed E-state index contributed by atoms with van der Waals surface area (Å²) in [6.07, 6.45) is 0. The van der Waals surface area contributed by atoms with Crippen molar-refractivity contribution in [2.24, 2.45) is 0 Å². The standard InChI is InChI=1S/C24H23N5O2S2/c1-16-7-6-8-17(13-16)22-26-27-24(29(22)11-12-31-3)32-15-20(30)18(14-25)23-28(2)19-9-4-5-10-21(19)33-23/h4-10,13H,11-12,15H2,1-3H3/b23-18-. The average molecular weight is 478 g/mol. The minimum Gasteiger partial charge on any atom is -0.383 e. The van der Waals surface area contributed by atoms with E-state index in [1.54, 1.807) is 7.11 Å². The fourth-order valence-electron chi connectivity index (χ4n) is 3.53. The van der Waals surface area contributed by atoms with Gasteiger partial charge in [-0.05, 0) is 25.1 Å². The van der Waals surface area contributed by atoms with Gasteiger partial charge >= 0.3 is 0 Å². The maximum absolute atomic E-state index is 13.1. The highest BCUT2D eigenvalue weighted by Gasteiger charge is 2.28. The van der Waals surface area contributed by atoms with Crippen molar-refractivity contribution < 1.29 is 9.53 Å². The second kappa shape index (κ2) is 10.3. The van der Waals surface area contributed by atoms with E-state index in [9.17, 15) is 10.1 Å². The van der Waals surface area contributed by atoms with Gasteiger partial charge in [-0.1, -0.05) is 59.4 Å². The Morgan fingerprint density at radius 3 is 2.76 bits per heavy atom. The number of ether oxygens (including phenoxy) is 1. The molecule has 1 aromatic heterocycles. The fraction of sp³-hybridized carbons (Fsp3) is 0.250. The molecule has 9 heteroatoms. The van der Waals surface area contributed by atoms with Crippen LogP contribution in [0, 0.1) is 18.3 Å². The molecule has 0 atom stereocenters. The number of carbonyl (C=O) groups is 1. The van der Waals surface area contributed by atoms with Crippen LogP contribution in [0.5, 0.6) is 0 Å². The lowest BCUT2D eigenvalue weighted by molar-refractivity contribution is -0.112. The smallest absolute Gasteiger partial charge is 0.192 e. The van der Waals surface area contributed by atoms with Crippen molar-refractivity contribution in [2.45, 2.75) is 23.5 Å². The third-order valence-electron chi connectivity index (χ3n) is 5.19. The third-order valence-corrected chi connectivity index (χ3v) is 7.39. The number of aromatic nitrogens is 3. The number of Topliss-reactive ketones (excluding diaryl/α,β-unsaturated/α-hetero) is 1. The van der Waals surface area contributed by atoms with Gasteiger partial charge in [0.1, 0.15) is 16.7 Å². The predicted molar refractivity (Wildman–Crippen MR) is 131 cm³/mol. The van der Waals surface area contributed by atoms with Gasteiger partial charge in [-0.2, -0.15) is 5.26 Å². The van der Waals surface area contributed by atoms with Crippen LogP contribution in [-0.2, 0) is 16.1 Å². The quantitative estimate of drug-likeness (QED) is 0.266. The van der Waals surface area contributed by atoms with Crippen LogP contribution in [0.1, 0.15) is 5.56 Å². The van der Waals surface area contributed by atoms with Gasteiger partial charge in [0.15, 0.2) is 16.8 Å². The molecule has 2 aromatic carbocycles. The molecule has 4 rings (SSSR count). The number of aryl methyl sites for hydroxylation is 1. The van der Waals surface area contributed by atoms with Gasteiger partial charge in [-0.15, -0.1) is 10.2 Å². The second-order valence-corrected chi connectivity index (χ2v) is 9.43. The summed E-state index contributed by atoms with van der Waals surface area (Å²) in [5, 5.41) is 19.8. The lowest BCUT2D eigenvalue weighted by Crippen LogP contribution is -2.16. The van der Waals surface area contributed by atoms with Crippen LogP contribution in [0.2, 0.25) is 0 Å². The Kier molecular flexibility index (Phi) is 7.18. The van der Waals surface area contributed by atoms with E-state index in [2.05, 4.69) is 22.3 Å². The highest BCUT2D eigenvalue weighted by molar-refractivity contribution is 8.03. The Bertz CT molecular complexity index is 1260. The zero-order chi connectivity index (χ0) is 23.4. The fourth-order valence-corrected chi connectivity index (χ4v) is 5.53. The molecule has 0 spiro atoms. The number of rotatable bonds is 8. The molecule has 0 fully saturated rings. The first-order valence-electron chi connectivity index (χ1n) is 10.3. The molecule has 0 saturated heterocycles. The number of nitriles is 1. The molecular formula is C24H23N5O2S2. The number of ketones is 1. The first-order valence-corrected chi connectivity index (χ1v) is 12.1. The number of hydrogen-bond donors (Lipinski definition) is 0. The van der Waals surface area contributed by atoms with Gasteiger partial charge in [0.05, 0.1) is 24.6 Å². The number of anilines is 1. The Morgan fingerprint density at radius 2 is 2.03 bits per heavy atom. The van der Waals surface area contributed by atoms with E-state index in [0.29, 0.717) is 23.3 Å². The van der Waals surface area contributed by atoms with Crippen molar-refractivity contribution >= 4 is 35.0 Å². The molecule has 0 aliphatic carbocycles. The van der Waals surface area contributed by atoms with Crippen molar-refractivity contribution in [2.75, 3.05) is 31.4 Å². The van der Waals surface area contributed by atoms with E-state index in [1.807, 2.05) is 65.9 Å². The summed E-state index contributed by atoms with van der Waals surface area (Å²) >= 11 is 2.73. The third kappa shape index (κ3) is 4.83. The predicted octanol–water partition coefficient (Wildman–Crippen LogP) is 4.54. The summed E-state index contributed by atoms with van der Waals surface area (Å²) in [5.41, 5.74) is 3.24. The number of methoxy groups -OCH3 is 1. The molecule has 0 N–H and O–H groups in total. The molecule has 7 nitrogen and oxygen atoms in total. The van der Waals surface area contributed by atoms with Gasteiger partial charge in [0, 0.05) is 24.6 Å². The zero-order valence-electron chi connectivity index (χ0n) is 18.6.